The number of nitrogens with zero attached hydrogens (tertiary/aromatic N) is 1. The molecular weight excluding hydrogens is 250 g/mol. The van der Waals surface area contributed by atoms with Crippen LogP contribution in [0.25, 0.3) is 0 Å². The van der Waals surface area contributed by atoms with Crippen molar-refractivity contribution < 1.29 is 13.5 Å². The monoisotopic (exact) mass is 264 g/mol. The molecule has 0 aliphatic heterocycles. The first kappa shape index (κ1) is 13.3. The van der Waals surface area contributed by atoms with E-state index >= 15 is 0 Å². The van der Waals surface area contributed by atoms with E-state index < -0.39 is 6.61 Å². The van der Waals surface area contributed by atoms with Crippen LogP contribution in [0.2, 0.25) is 0 Å². The van der Waals surface area contributed by atoms with Crippen LogP contribution in [0.3, 0.4) is 0 Å². The number of pyridine rings is 1. The highest BCUT2D eigenvalue weighted by atomic mass is 19.3. The maximum absolute atomic E-state index is 12.0. The number of halogens is 2. The van der Waals surface area contributed by atoms with E-state index in [9.17, 15) is 8.78 Å². The molecule has 0 bridgehead atoms. The fourth-order valence-electron chi connectivity index (χ4n) is 1.66. The molecule has 0 spiro atoms. The SMILES string of the molecule is Cc1ncccc1NCc1ccc(OC(F)F)cc1. The van der Waals surface area contributed by atoms with Crippen LogP contribution in [0, 0.1) is 6.92 Å². The topological polar surface area (TPSA) is 34.2 Å². The maximum Gasteiger partial charge on any atom is 0.387 e. The molecule has 2 aromatic rings. The molecule has 1 aromatic carbocycles. The first-order valence-corrected chi connectivity index (χ1v) is 5.84. The minimum absolute atomic E-state index is 0.163. The van der Waals surface area contributed by atoms with Crippen molar-refractivity contribution in [2.24, 2.45) is 0 Å². The first-order valence-electron chi connectivity index (χ1n) is 5.84. The molecule has 0 fully saturated rings. The highest BCUT2D eigenvalue weighted by Gasteiger charge is 2.04. The average molecular weight is 264 g/mol. The molecule has 0 aliphatic rings. The van der Waals surface area contributed by atoms with Crippen molar-refractivity contribution in [3.63, 3.8) is 0 Å². The Hall–Kier alpha value is -2.17. The van der Waals surface area contributed by atoms with Crippen LogP contribution in [0.4, 0.5) is 14.5 Å². The fraction of sp³-hybridized carbons (Fsp3) is 0.214. The molecule has 1 heterocycles. The van der Waals surface area contributed by atoms with Gasteiger partial charge in [0.15, 0.2) is 0 Å². The molecule has 0 amide bonds. The second kappa shape index (κ2) is 6.13. The number of anilines is 1. The third-order valence-corrected chi connectivity index (χ3v) is 2.64. The normalized spacial score (nSPS) is 10.5. The third-order valence-electron chi connectivity index (χ3n) is 2.64. The predicted octanol–water partition coefficient (Wildman–Crippen LogP) is 3.60. The zero-order valence-electron chi connectivity index (χ0n) is 10.4. The second-order valence-electron chi connectivity index (χ2n) is 4.01. The minimum atomic E-state index is -2.79. The lowest BCUT2D eigenvalue weighted by atomic mass is 10.2. The summed E-state index contributed by atoms with van der Waals surface area (Å²) in [7, 11) is 0. The van der Waals surface area contributed by atoms with Crippen molar-refractivity contribution in [2.75, 3.05) is 5.32 Å². The van der Waals surface area contributed by atoms with Crippen molar-refractivity contribution in [1.29, 1.82) is 0 Å². The molecule has 1 aromatic heterocycles. The van der Waals surface area contributed by atoms with E-state index in [4.69, 9.17) is 0 Å². The Labute approximate surface area is 110 Å². The Balaban J connectivity index is 1.95. The van der Waals surface area contributed by atoms with E-state index in [0.717, 1.165) is 16.9 Å². The summed E-state index contributed by atoms with van der Waals surface area (Å²) in [6.45, 7) is -0.273. The number of hydrogen-bond donors (Lipinski definition) is 1. The van der Waals surface area contributed by atoms with Crippen molar-refractivity contribution in [3.8, 4) is 5.75 Å². The van der Waals surface area contributed by atoms with Crippen LogP contribution in [-0.2, 0) is 6.54 Å². The Bertz CT molecular complexity index is 529. The Morgan fingerprint density at radius 2 is 1.95 bits per heavy atom. The summed E-state index contributed by atoms with van der Waals surface area (Å²) in [4.78, 5) is 4.17. The zero-order valence-corrected chi connectivity index (χ0v) is 10.4. The van der Waals surface area contributed by atoms with Crippen LogP contribution < -0.4 is 10.1 Å². The highest BCUT2D eigenvalue weighted by Crippen LogP contribution is 2.16. The molecule has 0 saturated heterocycles. The number of benzene rings is 1. The lowest BCUT2D eigenvalue weighted by Gasteiger charge is -2.09. The standard InChI is InChI=1S/C14H14F2N2O/c1-10-13(3-2-8-17-10)18-9-11-4-6-12(7-5-11)19-14(15)16/h2-8,14,18H,9H2,1H3. The third kappa shape index (κ3) is 3.91. The Kier molecular flexibility index (Phi) is 4.28. The van der Waals surface area contributed by atoms with Gasteiger partial charge in [0, 0.05) is 12.7 Å². The minimum Gasteiger partial charge on any atom is -0.435 e. The van der Waals surface area contributed by atoms with E-state index in [1.54, 1.807) is 18.3 Å². The van der Waals surface area contributed by atoms with Crippen molar-refractivity contribution in [3.05, 3.63) is 53.9 Å². The summed E-state index contributed by atoms with van der Waals surface area (Å²) in [5, 5.41) is 3.24. The number of aryl methyl sites for hydroxylation is 1. The molecule has 5 heteroatoms. The van der Waals surface area contributed by atoms with Crippen molar-refractivity contribution in [1.82, 2.24) is 4.98 Å². The number of rotatable bonds is 5. The molecule has 0 aliphatic carbocycles. The molecule has 0 saturated carbocycles. The van der Waals surface area contributed by atoms with Gasteiger partial charge in [-0.1, -0.05) is 12.1 Å². The smallest absolute Gasteiger partial charge is 0.387 e. The summed E-state index contributed by atoms with van der Waals surface area (Å²) in [6.07, 6.45) is 1.73. The van der Waals surface area contributed by atoms with Crippen LogP contribution in [0.1, 0.15) is 11.3 Å². The molecule has 1 N–H and O–H groups in total. The molecular formula is C14H14F2N2O. The lowest BCUT2D eigenvalue weighted by Crippen LogP contribution is -2.03. The lowest BCUT2D eigenvalue weighted by molar-refractivity contribution is -0.0498. The van der Waals surface area contributed by atoms with Gasteiger partial charge in [0.05, 0.1) is 11.4 Å². The van der Waals surface area contributed by atoms with Crippen LogP contribution >= 0.6 is 0 Å². The summed E-state index contributed by atoms with van der Waals surface area (Å²) in [5.41, 5.74) is 2.85. The number of alkyl halides is 2. The van der Waals surface area contributed by atoms with E-state index in [1.807, 2.05) is 19.1 Å². The summed E-state index contributed by atoms with van der Waals surface area (Å²) in [6, 6.07) is 10.3. The molecule has 3 nitrogen and oxygen atoms in total. The Morgan fingerprint density at radius 1 is 1.21 bits per heavy atom. The fourth-order valence-corrected chi connectivity index (χ4v) is 1.66. The van der Waals surface area contributed by atoms with Gasteiger partial charge in [-0.05, 0) is 36.8 Å². The van der Waals surface area contributed by atoms with Gasteiger partial charge < -0.3 is 10.1 Å². The largest absolute Gasteiger partial charge is 0.435 e. The molecule has 0 unspecified atom stereocenters. The van der Waals surface area contributed by atoms with Gasteiger partial charge in [0.25, 0.3) is 0 Å². The quantitative estimate of drug-likeness (QED) is 0.895. The van der Waals surface area contributed by atoms with Gasteiger partial charge in [-0.3, -0.25) is 4.98 Å². The summed E-state index contributed by atoms with van der Waals surface area (Å²) in [5.74, 6) is 0.163. The van der Waals surface area contributed by atoms with Gasteiger partial charge in [0.1, 0.15) is 5.75 Å². The van der Waals surface area contributed by atoms with Gasteiger partial charge in [-0.2, -0.15) is 8.78 Å². The van der Waals surface area contributed by atoms with E-state index in [2.05, 4.69) is 15.0 Å². The number of nitrogens with one attached hydrogen (secondary N) is 1. The van der Waals surface area contributed by atoms with E-state index in [-0.39, 0.29) is 5.75 Å². The van der Waals surface area contributed by atoms with Gasteiger partial charge in [0.2, 0.25) is 0 Å². The highest BCUT2D eigenvalue weighted by molar-refractivity contribution is 5.47. The molecule has 2 rings (SSSR count). The number of ether oxygens (including phenoxy) is 1. The first-order chi connectivity index (χ1) is 9.15. The van der Waals surface area contributed by atoms with Crippen LogP contribution in [0.5, 0.6) is 5.75 Å². The average Bonchev–Trinajstić information content (AvgIpc) is 2.39. The van der Waals surface area contributed by atoms with E-state index in [1.165, 1.54) is 12.1 Å². The van der Waals surface area contributed by atoms with Crippen molar-refractivity contribution >= 4 is 5.69 Å². The van der Waals surface area contributed by atoms with Crippen molar-refractivity contribution in [2.45, 2.75) is 20.1 Å². The summed E-state index contributed by atoms with van der Waals surface area (Å²) >= 11 is 0. The van der Waals surface area contributed by atoms with Gasteiger partial charge >= 0.3 is 6.61 Å². The van der Waals surface area contributed by atoms with Gasteiger partial charge in [-0.25, -0.2) is 0 Å². The molecule has 0 atom stereocenters. The molecule has 0 radical (unpaired) electrons. The second-order valence-corrected chi connectivity index (χ2v) is 4.01. The maximum atomic E-state index is 12.0. The van der Waals surface area contributed by atoms with Gasteiger partial charge in [-0.15, -0.1) is 0 Å². The number of aromatic nitrogens is 1. The van der Waals surface area contributed by atoms with Crippen LogP contribution in [-0.4, -0.2) is 11.6 Å². The van der Waals surface area contributed by atoms with E-state index in [0.29, 0.717) is 6.54 Å². The zero-order chi connectivity index (χ0) is 13.7. The Morgan fingerprint density at radius 3 is 2.58 bits per heavy atom. The van der Waals surface area contributed by atoms with Crippen LogP contribution in [0.15, 0.2) is 42.6 Å². The number of hydrogen-bond acceptors (Lipinski definition) is 3. The molecule has 19 heavy (non-hydrogen) atoms. The predicted molar refractivity (Wildman–Crippen MR) is 69.4 cm³/mol. The summed E-state index contributed by atoms with van der Waals surface area (Å²) < 4.78 is 28.3. The molecule has 100 valence electrons.